The lowest BCUT2D eigenvalue weighted by Gasteiger charge is -2.16. The predicted octanol–water partition coefficient (Wildman–Crippen LogP) is 3.78. The van der Waals surface area contributed by atoms with Crippen LogP contribution in [0.15, 0.2) is 29.0 Å². The van der Waals surface area contributed by atoms with E-state index in [1.807, 2.05) is 23.8 Å². The molecule has 0 saturated carbocycles. The number of benzene rings is 1. The molecule has 2 rings (SSSR count). The van der Waals surface area contributed by atoms with Crippen molar-refractivity contribution in [2.45, 2.75) is 13.0 Å². The van der Waals surface area contributed by atoms with E-state index in [-0.39, 0.29) is 17.4 Å². The Bertz CT molecular complexity index is 511. The van der Waals surface area contributed by atoms with Crippen molar-refractivity contribution in [2.24, 2.45) is 0 Å². The SMILES string of the molecule is CC(Nc1cc(F)cc(F)c1N)c1ccsc1. The highest BCUT2D eigenvalue weighted by molar-refractivity contribution is 7.07. The fraction of sp³-hybridized carbons (Fsp3) is 0.167. The van der Waals surface area contributed by atoms with E-state index >= 15 is 0 Å². The van der Waals surface area contributed by atoms with E-state index in [1.54, 1.807) is 11.3 Å². The fourth-order valence-electron chi connectivity index (χ4n) is 1.54. The molecule has 5 heteroatoms. The smallest absolute Gasteiger partial charge is 0.151 e. The average Bonchev–Trinajstić information content (AvgIpc) is 2.78. The third-order valence-electron chi connectivity index (χ3n) is 2.51. The zero-order valence-electron chi connectivity index (χ0n) is 9.21. The van der Waals surface area contributed by atoms with Crippen molar-refractivity contribution in [1.29, 1.82) is 0 Å². The van der Waals surface area contributed by atoms with E-state index in [1.165, 1.54) is 6.07 Å². The van der Waals surface area contributed by atoms with Gasteiger partial charge in [0.1, 0.15) is 5.82 Å². The van der Waals surface area contributed by atoms with Crippen molar-refractivity contribution in [1.82, 2.24) is 0 Å². The van der Waals surface area contributed by atoms with Gasteiger partial charge in [0, 0.05) is 12.1 Å². The molecule has 2 aromatic rings. The number of rotatable bonds is 3. The van der Waals surface area contributed by atoms with E-state index in [9.17, 15) is 8.78 Å². The maximum Gasteiger partial charge on any atom is 0.151 e. The summed E-state index contributed by atoms with van der Waals surface area (Å²) in [6, 6.07) is 3.87. The molecule has 0 fully saturated rings. The molecule has 1 aromatic heterocycles. The van der Waals surface area contributed by atoms with Gasteiger partial charge in [-0.2, -0.15) is 11.3 Å². The molecule has 0 saturated heterocycles. The Morgan fingerprint density at radius 1 is 1.35 bits per heavy atom. The van der Waals surface area contributed by atoms with Gasteiger partial charge in [0.25, 0.3) is 0 Å². The Morgan fingerprint density at radius 2 is 2.12 bits per heavy atom. The van der Waals surface area contributed by atoms with Gasteiger partial charge in [0.05, 0.1) is 11.4 Å². The summed E-state index contributed by atoms with van der Waals surface area (Å²) in [6.45, 7) is 1.91. The van der Waals surface area contributed by atoms with Gasteiger partial charge in [-0.3, -0.25) is 0 Å². The summed E-state index contributed by atoms with van der Waals surface area (Å²) in [7, 11) is 0. The number of thiophene rings is 1. The van der Waals surface area contributed by atoms with Crippen LogP contribution in [0.25, 0.3) is 0 Å². The first-order valence-corrected chi connectivity index (χ1v) is 6.05. The summed E-state index contributed by atoms with van der Waals surface area (Å²) in [6.07, 6.45) is 0. The Labute approximate surface area is 102 Å². The standard InChI is InChI=1S/C12H12F2N2S/c1-7(8-2-3-17-6-8)16-11-5-9(13)4-10(14)12(11)15/h2-7,16H,15H2,1H3. The molecular weight excluding hydrogens is 242 g/mol. The third kappa shape index (κ3) is 2.55. The van der Waals surface area contributed by atoms with Gasteiger partial charge in [-0.15, -0.1) is 0 Å². The number of nitrogen functional groups attached to an aromatic ring is 1. The van der Waals surface area contributed by atoms with Gasteiger partial charge in [-0.1, -0.05) is 0 Å². The van der Waals surface area contributed by atoms with Crippen LogP contribution in [0.5, 0.6) is 0 Å². The minimum atomic E-state index is -0.745. The lowest BCUT2D eigenvalue weighted by Crippen LogP contribution is -2.09. The largest absolute Gasteiger partial charge is 0.395 e. The van der Waals surface area contributed by atoms with E-state index < -0.39 is 11.6 Å². The highest BCUT2D eigenvalue weighted by atomic mass is 32.1. The van der Waals surface area contributed by atoms with Crippen LogP contribution in [0.1, 0.15) is 18.5 Å². The molecule has 0 aliphatic heterocycles. The lowest BCUT2D eigenvalue weighted by atomic mass is 10.1. The topological polar surface area (TPSA) is 38.0 Å². The number of nitrogens with two attached hydrogens (primary N) is 1. The van der Waals surface area contributed by atoms with Gasteiger partial charge in [0.2, 0.25) is 0 Å². The molecule has 0 radical (unpaired) electrons. The zero-order valence-corrected chi connectivity index (χ0v) is 10.0. The minimum absolute atomic E-state index is 0.0512. The summed E-state index contributed by atoms with van der Waals surface area (Å²) in [5.41, 5.74) is 6.82. The molecule has 0 aliphatic rings. The number of hydrogen-bond acceptors (Lipinski definition) is 3. The molecule has 17 heavy (non-hydrogen) atoms. The number of halogens is 2. The van der Waals surface area contributed by atoms with Crippen LogP contribution in [-0.4, -0.2) is 0 Å². The molecular formula is C12H12F2N2S. The lowest BCUT2D eigenvalue weighted by molar-refractivity contribution is 0.586. The summed E-state index contributed by atoms with van der Waals surface area (Å²) in [5, 5.41) is 6.92. The van der Waals surface area contributed by atoms with Crippen LogP contribution in [-0.2, 0) is 0 Å². The predicted molar refractivity (Wildman–Crippen MR) is 67.1 cm³/mol. The van der Waals surface area contributed by atoms with Gasteiger partial charge in [-0.25, -0.2) is 8.78 Å². The van der Waals surface area contributed by atoms with Crippen LogP contribution in [0.3, 0.4) is 0 Å². The van der Waals surface area contributed by atoms with Crippen molar-refractivity contribution in [3.63, 3.8) is 0 Å². The quantitative estimate of drug-likeness (QED) is 0.818. The Balaban J connectivity index is 2.24. The second-order valence-corrected chi connectivity index (χ2v) is 4.55. The second-order valence-electron chi connectivity index (χ2n) is 3.77. The first-order chi connectivity index (χ1) is 8.08. The Morgan fingerprint density at radius 3 is 2.76 bits per heavy atom. The van der Waals surface area contributed by atoms with Crippen molar-refractivity contribution >= 4 is 22.7 Å². The maximum absolute atomic E-state index is 13.2. The van der Waals surface area contributed by atoms with Crippen LogP contribution in [0.2, 0.25) is 0 Å². The second kappa shape index (κ2) is 4.71. The number of anilines is 2. The molecule has 1 aromatic carbocycles. The minimum Gasteiger partial charge on any atom is -0.395 e. The highest BCUT2D eigenvalue weighted by Gasteiger charge is 2.11. The molecule has 0 bridgehead atoms. The molecule has 1 atom stereocenters. The first kappa shape index (κ1) is 11.9. The van der Waals surface area contributed by atoms with Gasteiger partial charge < -0.3 is 11.1 Å². The highest BCUT2D eigenvalue weighted by Crippen LogP contribution is 2.28. The number of hydrogen-bond donors (Lipinski definition) is 2. The van der Waals surface area contributed by atoms with Crippen molar-refractivity contribution in [3.05, 3.63) is 46.2 Å². The Hall–Kier alpha value is -1.62. The van der Waals surface area contributed by atoms with Crippen molar-refractivity contribution in [3.8, 4) is 0 Å². The van der Waals surface area contributed by atoms with Crippen LogP contribution in [0, 0.1) is 11.6 Å². The molecule has 1 heterocycles. The van der Waals surface area contributed by atoms with Crippen LogP contribution in [0.4, 0.5) is 20.2 Å². The van der Waals surface area contributed by atoms with E-state index in [2.05, 4.69) is 5.32 Å². The molecule has 2 nitrogen and oxygen atoms in total. The number of nitrogens with one attached hydrogen (secondary N) is 1. The molecule has 0 aliphatic carbocycles. The average molecular weight is 254 g/mol. The van der Waals surface area contributed by atoms with E-state index in [0.717, 1.165) is 11.6 Å². The normalized spacial score (nSPS) is 12.4. The molecule has 0 spiro atoms. The van der Waals surface area contributed by atoms with E-state index in [0.29, 0.717) is 0 Å². The van der Waals surface area contributed by atoms with Gasteiger partial charge in [-0.05, 0) is 35.4 Å². The summed E-state index contributed by atoms with van der Waals surface area (Å²) < 4.78 is 26.3. The molecule has 3 N–H and O–H groups in total. The van der Waals surface area contributed by atoms with Crippen LogP contribution < -0.4 is 11.1 Å². The molecule has 1 unspecified atom stereocenters. The molecule has 90 valence electrons. The van der Waals surface area contributed by atoms with Gasteiger partial charge in [0.15, 0.2) is 5.82 Å². The first-order valence-electron chi connectivity index (χ1n) is 5.11. The third-order valence-corrected chi connectivity index (χ3v) is 3.21. The summed E-state index contributed by atoms with van der Waals surface area (Å²) >= 11 is 1.57. The fourth-order valence-corrected chi connectivity index (χ4v) is 2.30. The maximum atomic E-state index is 13.2. The van der Waals surface area contributed by atoms with Gasteiger partial charge >= 0.3 is 0 Å². The monoisotopic (exact) mass is 254 g/mol. The zero-order chi connectivity index (χ0) is 12.4. The Kier molecular flexibility index (Phi) is 3.28. The summed E-state index contributed by atoms with van der Waals surface area (Å²) in [4.78, 5) is 0. The summed E-state index contributed by atoms with van der Waals surface area (Å²) in [5.74, 6) is -1.39. The molecule has 0 amide bonds. The van der Waals surface area contributed by atoms with Crippen molar-refractivity contribution in [2.75, 3.05) is 11.1 Å². The van der Waals surface area contributed by atoms with Crippen LogP contribution >= 0.6 is 11.3 Å². The van der Waals surface area contributed by atoms with E-state index in [4.69, 9.17) is 5.73 Å². The van der Waals surface area contributed by atoms with Crippen molar-refractivity contribution < 1.29 is 8.78 Å².